The Kier molecular flexibility index (Phi) is 6.26. The van der Waals surface area contributed by atoms with E-state index >= 15 is 0 Å². The highest BCUT2D eigenvalue weighted by Gasteiger charge is 2.31. The van der Waals surface area contributed by atoms with Gasteiger partial charge in [-0.3, -0.25) is 4.79 Å². The van der Waals surface area contributed by atoms with Crippen molar-refractivity contribution in [1.82, 2.24) is 19.8 Å². The van der Waals surface area contributed by atoms with E-state index in [1.807, 2.05) is 4.90 Å². The van der Waals surface area contributed by atoms with E-state index in [1.54, 1.807) is 19.5 Å². The largest absolute Gasteiger partial charge is 0.478 e. The highest BCUT2D eigenvalue weighted by atomic mass is 16.5. The van der Waals surface area contributed by atoms with Crippen molar-refractivity contribution in [3.8, 4) is 5.88 Å². The summed E-state index contributed by atoms with van der Waals surface area (Å²) in [4.78, 5) is 25.3. The molecule has 1 unspecified atom stereocenters. The van der Waals surface area contributed by atoms with Crippen molar-refractivity contribution in [2.45, 2.75) is 31.8 Å². The molecule has 0 radical (unpaired) electrons. The number of nitrogens with one attached hydrogen (secondary N) is 1. The summed E-state index contributed by atoms with van der Waals surface area (Å²) in [6.07, 6.45) is 8.37. The van der Waals surface area contributed by atoms with Crippen molar-refractivity contribution < 1.29 is 14.3 Å². The molecule has 2 aliphatic heterocycles. The number of ether oxygens (including phenoxy) is 2. The van der Waals surface area contributed by atoms with Crippen LogP contribution in [0.3, 0.4) is 0 Å². The van der Waals surface area contributed by atoms with Crippen molar-refractivity contribution in [2.75, 3.05) is 58.3 Å². The molecule has 28 heavy (non-hydrogen) atoms. The van der Waals surface area contributed by atoms with Crippen LogP contribution < -0.4 is 10.1 Å². The first-order valence-corrected chi connectivity index (χ1v) is 10.4. The van der Waals surface area contributed by atoms with Crippen LogP contribution in [0.15, 0.2) is 12.4 Å². The monoisotopic (exact) mass is 389 g/mol. The fourth-order valence-electron chi connectivity index (χ4n) is 4.12. The van der Waals surface area contributed by atoms with Gasteiger partial charge in [0.05, 0.1) is 13.2 Å². The van der Waals surface area contributed by atoms with Gasteiger partial charge in [-0.05, 0) is 50.6 Å². The molecule has 8 heteroatoms. The van der Waals surface area contributed by atoms with Crippen molar-refractivity contribution in [3.05, 3.63) is 12.4 Å². The molecule has 1 aliphatic carbocycles. The summed E-state index contributed by atoms with van der Waals surface area (Å²) in [7, 11) is 1.57. The zero-order valence-electron chi connectivity index (χ0n) is 16.7. The molecule has 3 fully saturated rings. The molecule has 154 valence electrons. The summed E-state index contributed by atoms with van der Waals surface area (Å²) in [6, 6.07) is 0. The molecular weight excluding hydrogens is 358 g/mol. The molecule has 4 rings (SSSR count). The van der Waals surface area contributed by atoms with Crippen LogP contribution in [0, 0.1) is 11.8 Å². The number of likely N-dealkylation sites (tertiary alicyclic amines) is 1. The molecule has 3 heterocycles. The van der Waals surface area contributed by atoms with Crippen LogP contribution in [0.4, 0.5) is 5.82 Å². The Morgan fingerprint density at radius 2 is 1.89 bits per heavy atom. The van der Waals surface area contributed by atoms with Gasteiger partial charge in [0.2, 0.25) is 5.91 Å². The van der Waals surface area contributed by atoms with Gasteiger partial charge >= 0.3 is 0 Å². The molecule has 0 aromatic carbocycles. The number of rotatable bonds is 8. The highest BCUT2D eigenvalue weighted by molar-refractivity contribution is 5.78. The summed E-state index contributed by atoms with van der Waals surface area (Å²) in [6.45, 7) is 5.83. The Bertz CT molecular complexity index is 661. The van der Waals surface area contributed by atoms with Crippen LogP contribution in [-0.2, 0) is 9.53 Å². The number of morpholine rings is 1. The van der Waals surface area contributed by atoms with E-state index in [0.717, 1.165) is 12.5 Å². The minimum Gasteiger partial charge on any atom is -0.478 e. The molecule has 1 N–H and O–H groups in total. The maximum atomic E-state index is 12.3. The number of carbonyl (C=O) groups excluding carboxylic acids is 1. The third kappa shape index (κ3) is 5.11. The number of methoxy groups -OCH3 is 1. The average Bonchev–Trinajstić information content (AvgIpc) is 3.54. The second-order valence-corrected chi connectivity index (χ2v) is 8.21. The number of anilines is 1. The molecule has 1 atom stereocenters. The lowest BCUT2D eigenvalue weighted by Gasteiger charge is -2.38. The van der Waals surface area contributed by atoms with E-state index < -0.39 is 0 Å². The Hall–Kier alpha value is -1.93. The second kappa shape index (κ2) is 9.05. The van der Waals surface area contributed by atoms with Crippen LogP contribution in [0.5, 0.6) is 5.88 Å². The SMILES string of the molecule is COc1nccnc1NCC1CN(CC2CCN(CC3CC3)CC2)C(=O)CO1. The quantitative estimate of drug-likeness (QED) is 0.717. The summed E-state index contributed by atoms with van der Waals surface area (Å²) in [5.41, 5.74) is 0. The molecular formula is C20H31N5O3. The van der Waals surface area contributed by atoms with Crippen molar-refractivity contribution in [3.63, 3.8) is 0 Å². The lowest BCUT2D eigenvalue weighted by Crippen LogP contribution is -2.51. The first kappa shape index (κ1) is 19.4. The third-order valence-electron chi connectivity index (χ3n) is 5.97. The molecule has 0 spiro atoms. The fourth-order valence-corrected chi connectivity index (χ4v) is 4.12. The lowest BCUT2D eigenvalue weighted by molar-refractivity contribution is -0.149. The second-order valence-electron chi connectivity index (χ2n) is 8.21. The van der Waals surface area contributed by atoms with Gasteiger partial charge in [0.1, 0.15) is 6.61 Å². The fraction of sp³-hybridized carbons (Fsp3) is 0.750. The highest BCUT2D eigenvalue weighted by Crippen LogP contribution is 2.31. The van der Waals surface area contributed by atoms with Gasteiger partial charge in [-0.1, -0.05) is 0 Å². The van der Waals surface area contributed by atoms with Gasteiger partial charge in [0.25, 0.3) is 5.88 Å². The Morgan fingerprint density at radius 3 is 2.64 bits per heavy atom. The number of hydrogen-bond donors (Lipinski definition) is 1. The minimum absolute atomic E-state index is 0.0561. The van der Waals surface area contributed by atoms with Gasteiger partial charge in [-0.15, -0.1) is 0 Å². The predicted octanol–water partition coefficient (Wildman–Crippen LogP) is 1.25. The van der Waals surface area contributed by atoms with Crippen molar-refractivity contribution in [2.24, 2.45) is 11.8 Å². The van der Waals surface area contributed by atoms with Crippen LogP contribution in [-0.4, -0.2) is 84.8 Å². The standard InChI is InChI=1S/C20H31N5O3/c1-27-20-19(21-6-7-22-20)23-10-17-13-25(18(26)14-28-17)12-16-4-8-24(9-5-16)11-15-2-3-15/h6-7,15-17H,2-5,8-14H2,1H3,(H,21,23). The molecule has 3 aliphatic rings. The number of aromatic nitrogens is 2. The maximum absolute atomic E-state index is 12.3. The molecule has 0 bridgehead atoms. The molecule has 1 amide bonds. The van der Waals surface area contributed by atoms with E-state index in [2.05, 4.69) is 20.2 Å². The van der Waals surface area contributed by atoms with Gasteiger partial charge in [-0.25, -0.2) is 9.97 Å². The predicted molar refractivity (Wildman–Crippen MR) is 105 cm³/mol. The van der Waals surface area contributed by atoms with Gasteiger partial charge in [0, 0.05) is 38.6 Å². The van der Waals surface area contributed by atoms with E-state index in [-0.39, 0.29) is 18.6 Å². The van der Waals surface area contributed by atoms with Crippen molar-refractivity contribution >= 4 is 11.7 Å². The van der Waals surface area contributed by atoms with E-state index in [9.17, 15) is 4.79 Å². The Labute approximate surface area is 166 Å². The van der Waals surface area contributed by atoms with Gasteiger partial charge in [0.15, 0.2) is 5.82 Å². The smallest absolute Gasteiger partial charge is 0.257 e. The summed E-state index contributed by atoms with van der Waals surface area (Å²) in [5.74, 6) is 2.72. The minimum atomic E-state index is -0.0561. The first-order valence-electron chi connectivity index (χ1n) is 10.4. The average molecular weight is 390 g/mol. The maximum Gasteiger partial charge on any atom is 0.257 e. The first-order chi connectivity index (χ1) is 13.7. The molecule has 2 saturated heterocycles. The zero-order valence-corrected chi connectivity index (χ0v) is 16.7. The number of carbonyl (C=O) groups is 1. The Morgan fingerprint density at radius 1 is 1.14 bits per heavy atom. The summed E-state index contributed by atoms with van der Waals surface area (Å²) in [5, 5.41) is 3.23. The molecule has 1 saturated carbocycles. The molecule has 1 aromatic rings. The summed E-state index contributed by atoms with van der Waals surface area (Å²) >= 11 is 0. The van der Waals surface area contributed by atoms with E-state index in [1.165, 1.54) is 45.3 Å². The van der Waals surface area contributed by atoms with Crippen molar-refractivity contribution in [1.29, 1.82) is 0 Å². The lowest BCUT2D eigenvalue weighted by atomic mass is 9.95. The van der Waals surface area contributed by atoms with Crippen LogP contribution >= 0.6 is 0 Å². The topological polar surface area (TPSA) is 79.8 Å². The van der Waals surface area contributed by atoms with Crippen LogP contribution in [0.1, 0.15) is 25.7 Å². The number of nitrogens with zero attached hydrogens (tertiary/aromatic N) is 4. The third-order valence-corrected chi connectivity index (χ3v) is 5.97. The van der Waals surface area contributed by atoms with E-state index in [4.69, 9.17) is 9.47 Å². The van der Waals surface area contributed by atoms with E-state index in [0.29, 0.717) is 30.7 Å². The Balaban J connectivity index is 1.23. The number of hydrogen-bond acceptors (Lipinski definition) is 7. The van der Waals surface area contributed by atoms with Crippen LogP contribution in [0.25, 0.3) is 0 Å². The van der Waals surface area contributed by atoms with Gasteiger partial charge in [-0.2, -0.15) is 0 Å². The number of piperidine rings is 1. The molecule has 8 nitrogen and oxygen atoms in total. The summed E-state index contributed by atoms with van der Waals surface area (Å²) < 4.78 is 10.9. The zero-order chi connectivity index (χ0) is 19.3. The number of amides is 1. The molecule has 1 aromatic heterocycles. The van der Waals surface area contributed by atoms with Gasteiger partial charge < -0.3 is 24.6 Å². The van der Waals surface area contributed by atoms with Crippen LogP contribution in [0.2, 0.25) is 0 Å². The normalized spacial score (nSPS) is 24.4.